The fourth-order valence-corrected chi connectivity index (χ4v) is 4.64. The van der Waals surface area contributed by atoms with Crippen LogP contribution in [-0.2, 0) is 24.4 Å². The Labute approximate surface area is 164 Å². The Morgan fingerprint density at radius 3 is 2.82 bits per heavy atom. The molecule has 0 aromatic carbocycles. The fraction of sp³-hybridized carbons (Fsp3) is 0.500. The average molecular weight is 409 g/mol. The molecule has 1 aliphatic rings. The number of primary amides is 1. The number of aryl methyl sites for hydroxylation is 1. The second-order valence-corrected chi connectivity index (χ2v) is 8.54. The number of hydrogen-bond donors (Lipinski definition) is 2. The molecule has 1 saturated heterocycles. The van der Waals surface area contributed by atoms with Gasteiger partial charge in [-0.25, -0.2) is 9.29 Å². The van der Waals surface area contributed by atoms with Gasteiger partial charge in [0, 0.05) is 12.1 Å². The second-order valence-electron chi connectivity index (χ2n) is 6.81. The highest BCUT2D eigenvalue weighted by molar-refractivity contribution is 7.89. The Kier molecular flexibility index (Phi) is 7.25. The molecule has 1 aromatic rings. The van der Waals surface area contributed by atoms with Crippen LogP contribution in [0.15, 0.2) is 23.4 Å². The third-order valence-electron chi connectivity index (χ3n) is 4.60. The number of aromatic nitrogens is 1. The van der Waals surface area contributed by atoms with E-state index in [4.69, 9.17) is 5.73 Å². The summed E-state index contributed by atoms with van der Waals surface area (Å²) in [4.78, 5) is 40.6. The van der Waals surface area contributed by atoms with Gasteiger partial charge in [-0.15, -0.1) is 0 Å². The number of amides is 2. The van der Waals surface area contributed by atoms with E-state index in [0.29, 0.717) is 22.8 Å². The van der Waals surface area contributed by atoms with Gasteiger partial charge < -0.3 is 11.1 Å². The lowest BCUT2D eigenvalue weighted by Crippen LogP contribution is -2.50. The zero-order valence-corrected chi connectivity index (χ0v) is 16.7. The minimum absolute atomic E-state index is 0.0249. The third-order valence-corrected chi connectivity index (χ3v) is 6.47. The van der Waals surface area contributed by atoms with Crippen molar-refractivity contribution in [2.45, 2.75) is 44.2 Å². The van der Waals surface area contributed by atoms with Crippen LogP contribution in [0.3, 0.4) is 0 Å². The Bertz CT molecular complexity index is 855. The Balaban J connectivity index is 2.43. The highest BCUT2D eigenvalue weighted by atomic mass is 32.2. The molecule has 1 radical (unpaired) electrons. The van der Waals surface area contributed by atoms with Gasteiger partial charge in [0.25, 0.3) is 10.0 Å². The summed E-state index contributed by atoms with van der Waals surface area (Å²) in [6.45, 7) is 3.63. The van der Waals surface area contributed by atoms with E-state index < -0.39 is 33.8 Å². The lowest BCUT2D eigenvalue weighted by molar-refractivity contribution is -0.131. The molecule has 2 heterocycles. The van der Waals surface area contributed by atoms with Crippen LogP contribution >= 0.6 is 0 Å². The van der Waals surface area contributed by atoms with Crippen molar-refractivity contribution in [2.75, 3.05) is 13.1 Å². The van der Waals surface area contributed by atoms with E-state index in [1.165, 1.54) is 13.1 Å². The molecule has 1 fully saturated rings. The first-order chi connectivity index (χ1) is 13.2. The zero-order chi connectivity index (χ0) is 20.9. The molecule has 3 N–H and O–H groups in total. The highest BCUT2D eigenvalue weighted by Gasteiger charge is 2.40. The number of Topliss-reactive ketones (excluding diaryl/α,β-unsaturated/α-hetero) is 1. The SMILES string of the molecule is Cc1cccnc1S(=O)(=O)N(C(=O)[CH]CC(C)C(N)=O)[C@H]1CCCNCC1=O. The molecule has 153 valence electrons. The quantitative estimate of drug-likeness (QED) is 0.643. The summed E-state index contributed by atoms with van der Waals surface area (Å²) < 4.78 is 27.2. The van der Waals surface area contributed by atoms with Crippen LogP contribution in [0.5, 0.6) is 0 Å². The van der Waals surface area contributed by atoms with E-state index >= 15 is 0 Å². The van der Waals surface area contributed by atoms with Gasteiger partial charge in [-0.1, -0.05) is 13.0 Å². The maximum absolute atomic E-state index is 13.3. The van der Waals surface area contributed by atoms with Crippen molar-refractivity contribution in [3.63, 3.8) is 0 Å². The number of sulfonamides is 1. The Hall–Kier alpha value is -2.33. The molecule has 9 nitrogen and oxygen atoms in total. The number of pyridine rings is 1. The lowest BCUT2D eigenvalue weighted by atomic mass is 10.0. The van der Waals surface area contributed by atoms with Crippen LogP contribution in [0.4, 0.5) is 0 Å². The summed E-state index contributed by atoms with van der Waals surface area (Å²) in [5, 5.41) is 2.65. The molecule has 2 atom stereocenters. The number of hydrogen-bond acceptors (Lipinski definition) is 7. The van der Waals surface area contributed by atoms with Gasteiger partial charge in [0.2, 0.25) is 11.8 Å². The van der Waals surface area contributed by atoms with E-state index in [-0.39, 0.29) is 30.2 Å². The van der Waals surface area contributed by atoms with Crippen molar-refractivity contribution in [3.05, 3.63) is 30.3 Å². The number of carbonyl (C=O) groups is 3. The van der Waals surface area contributed by atoms with E-state index in [1.807, 2.05) is 0 Å². The van der Waals surface area contributed by atoms with Crippen molar-refractivity contribution in [2.24, 2.45) is 11.7 Å². The van der Waals surface area contributed by atoms with Gasteiger partial charge in [0.1, 0.15) is 6.04 Å². The normalized spacial score (nSPS) is 18.9. The van der Waals surface area contributed by atoms with Gasteiger partial charge in [0.05, 0.1) is 13.0 Å². The maximum Gasteiger partial charge on any atom is 0.284 e. The van der Waals surface area contributed by atoms with Gasteiger partial charge in [-0.3, -0.25) is 14.4 Å². The first kappa shape index (κ1) is 22.0. The van der Waals surface area contributed by atoms with Crippen LogP contribution < -0.4 is 11.1 Å². The van der Waals surface area contributed by atoms with Crippen molar-refractivity contribution in [1.82, 2.24) is 14.6 Å². The van der Waals surface area contributed by atoms with Crippen LogP contribution in [0, 0.1) is 19.3 Å². The molecule has 1 aliphatic heterocycles. The molecule has 0 saturated carbocycles. The van der Waals surface area contributed by atoms with Crippen LogP contribution in [0.25, 0.3) is 0 Å². The van der Waals surface area contributed by atoms with E-state index in [9.17, 15) is 22.8 Å². The van der Waals surface area contributed by atoms with Crippen molar-refractivity contribution < 1.29 is 22.8 Å². The molecule has 0 aliphatic carbocycles. The van der Waals surface area contributed by atoms with Gasteiger partial charge in [0.15, 0.2) is 10.8 Å². The largest absolute Gasteiger partial charge is 0.369 e. The number of nitrogens with one attached hydrogen (secondary N) is 1. The van der Waals surface area contributed by atoms with Crippen LogP contribution in [-0.4, -0.2) is 54.4 Å². The molecule has 2 amide bonds. The summed E-state index contributed by atoms with van der Waals surface area (Å²) in [6, 6.07) is 2.02. The lowest BCUT2D eigenvalue weighted by Gasteiger charge is -2.29. The van der Waals surface area contributed by atoms with Crippen LogP contribution in [0.1, 0.15) is 31.7 Å². The standard InChI is InChI=1S/C18H25N4O5S/c1-12(17(19)25)7-8-16(24)22(14-6-4-9-20-11-15(14)23)28(26,27)18-13(2)5-3-10-21-18/h3,5,8,10,12,14,20H,4,6-7,9,11H2,1-2H3,(H2,19,25)/t12?,14-/m0/s1. The zero-order valence-electron chi connectivity index (χ0n) is 15.9. The van der Waals surface area contributed by atoms with Gasteiger partial charge in [-0.2, -0.15) is 8.42 Å². The van der Waals surface area contributed by atoms with E-state index in [1.54, 1.807) is 19.1 Å². The molecule has 2 rings (SSSR count). The third kappa shape index (κ3) is 4.93. The van der Waals surface area contributed by atoms with Gasteiger partial charge >= 0.3 is 0 Å². The predicted molar refractivity (Wildman–Crippen MR) is 101 cm³/mol. The second kappa shape index (κ2) is 9.24. The van der Waals surface area contributed by atoms with Crippen molar-refractivity contribution >= 4 is 27.6 Å². The molecule has 1 aromatic heterocycles. The molecule has 10 heteroatoms. The smallest absolute Gasteiger partial charge is 0.284 e. The maximum atomic E-state index is 13.3. The first-order valence-corrected chi connectivity index (χ1v) is 10.5. The topological polar surface area (TPSA) is 140 Å². The first-order valence-electron chi connectivity index (χ1n) is 9.02. The Morgan fingerprint density at radius 2 is 2.18 bits per heavy atom. The number of ketones is 1. The van der Waals surface area contributed by atoms with E-state index in [2.05, 4.69) is 10.3 Å². The minimum atomic E-state index is -4.37. The van der Waals surface area contributed by atoms with Gasteiger partial charge in [-0.05, 0) is 44.4 Å². The summed E-state index contributed by atoms with van der Waals surface area (Å²) in [5.74, 6) is -2.50. The summed E-state index contributed by atoms with van der Waals surface area (Å²) in [6.07, 6.45) is 3.13. The number of carbonyl (C=O) groups excluding carboxylic acids is 3. The van der Waals surface area contributed by atoms with Crippen molar-refractivity contribution in [3.8, 4) is 0 Å². The number of nitrogens with two attached hydrogens (primary N) is 1. The summed E-state index contributed by atoms with van der Waals surface area (Å²) in [7, 11) is -4.37. The number of rotatable bonds is 7. The molecule has 0 spiro atoms. The summed E-state index contributed by atoms with van der Waals surface area (Å²) >= 11 is 0. The molecular weight excluding hydrogens is 384 g/mol. The highest BCUT2D eigenvalue weighted by Crippen LogP contribution is 2.24. The molecule has 0 bridgehead atoms. The predicted octanol–water partition coefficient (Wildman–Crippen LogP) is -0.0558. The molecular formula is C18H25N4O5S. The fourth-order valence-electron chi connectivity index (χ4n) is 2.92. The Morgan fingerprint density at radius 1 is 1.46 bits per heavy atom. The molecule has 1 unspecified atom stereocenters. The minimum Gasteiger partial charge on any atom is -0.369 e. The average Bonchev–Trinajstić information content (AvgIpc) is 2.84. The molecule has 28 heavy (non-hydrogen) atoms. The monoisotopic (exact) mass is 409 g/mol. The van der Waals surface area contributed by atoms with E-state index in [0.717, 1.165) is 6.42 Å². The number of nitrogens with zero attached hydrogens (tertiary/aromatic N) is 2. The van der Waals surface area contributed by atoms with Crippen LogP contribution in [0.2, 0.25) is 0 Å². The summed E-state index contributed by atoms with van der Waals surface area (Å²) in [5.41, 5.74) is 5.57. The van der Waals surface area contributed by atoms with Crippen molar-refractivity contribution in [1.29, 1.82) is 0 Å².